The first-order valence-electron chi connectivity index (χ1n) is 37.1. The van der Waals surface area contributed by atoms with Gasteiger partial charge in [-0.05, 0) is 108 Å². The van der Waals surface area contributed by atoms with Crippen LogP contribution in [0.1, 0.15) is 256 Å². The standard InChI is InChI=1S/C72H128N10O18/c1-13-17-25-42-73-71(99)66(52(9)10)81(48-40-62(92)93)57(85)33-22-21-29-47-80(56(84)35-31-36-58(86)82(49-41-63(94)95)67(53(11)12)72(100)74-43-26-18-14-2)54(32-30-34-55(83)78(15-3)64(50(5)6)69(97)75-44-27-19-23-37-60(88)89)68(96)77-46-39-59(87)79(16-4)65(51(7)8)70(98)76-45-28-20-24-38-61(90)91/h50-54,64-67H,13-49H2,1-12H3,(H,73,99)(H,74,100)(H,75,97)(H,76,98)(H,77,96)(H,88,89)(H,90,91)(H,92,93)(H,94,95). The molecule has 0 heterocycles. The lowest BCUT2D eigenvalue weighted by atomic mass is 9.99. The highest BCUT2D eigenvalue weighted by Gasteiger charge is 2.37. The minimum atomic E-state index is -1.33. The first-order chi connectivity index (χ1) is 47.3. The minimum absolute atomic E-state index is 0.00129. The van der Waals surface area contributed by atoms with Gasteiger partial charge in [-0.1, -0.05) is 114 Å². The lowest BCUT2D eigenvalue weighted by Crippen LogP contribution is -2.53. The number of nitrogens with one attached hydrogen (secondary N) is 5. The third-order valence-electron chi connectivity index (χ3n) is 17.5. The van der Waals surface area contributed by atoms with Crippen molar-refractivity contribution < 1.29 is 87.5 Å². The second-order valence-electron chi connectivity index (χ2n) is 27.3. The van der Waals surface area contributed by atoms with Gasteiger partial charge in [0.25, 0.3) is 0 Å². The second-order valence-corrected chi connectivity index (χ2v) is 27.3. The largest absolute Gasteiger partial charge is 0.481 e. The predicted octanol–water partition coefficient (Wildman–Crippen LogP) is 7.13. The maximum atomic E-state index is 15.1. The summed E-state index contributed by atoms with van der Waals surface area (Å²) in [6.45, 7) is 22.3. The van der Waals surface area contributed by atoms with E-state index >= 15 is 9.59 Å². The summed E-state index contributed by atoms with van der Waals surface area (Å²) in [6.07, 6.45) is 6.36. The van der Waals surface area contributed by atoms with Crippen LogP contribution in [-0.4, -0.2) is 224 Å². The van der Waals surface area contributed by atoms with Crippen LogP contribution in [0.2, 0.25) is 0 Å². The Morgan fingerprint density at radius 3 is 0.910 bits per heavy atom. The van der Waals surface area contributed by atoms with Gasteiger partial charge in [0.1, 0.15) is 30.2 Å². The molecular formula is C72H128N10O18. The van der Waals surface area contributed by atoms with Crippen LogP contribution in [0, 0.1) is 23.7 Å². The summed E-state index contributed by atoms with van der Waals surface area (Å²) >= 11 is 0. The van der Waals surface area contributed by atoms with E-state index in [1.807, 2.05) is 13.8 Å². The molecule has 10 amide bonds. The average molecular weight is 1420 g/mol. The zero-order valence-corrected chi connectivity index (χ0v) is 62.6. The van der Waals surface area contributed by atoms with Gasteiger partial charge in [0.2, 0.25) is 59.1 Å². The molecule has 0 aromatic rings. The molecular weight excluding hydrogens is 1290 g/mol. The zero-order valence-electron chi connectivity index (χ0n) is 62.6. The number of carboxylic acids is 4. The maximum absolute atomic E-state index is 15.1. The number of likely N-dealkylation sites (N-methyl/N-ethyl adjacent to an activating group) is 2. The Morgan fingerprint density at radius 1 is 0.270 bits per heavy atom. The van der Waals surface area contributed by atoms with E-state index in [1.54, 1.807) is 69.2 Å². The molecule has 0 fully saturated rings. The minimum Gasteiger partial charge on any atom is -0.481 e. The number of aliphatic carboxylic acids is 4. The molecule has 9 N–H and O–H groups in total. The number of carboxylic acid groups (broad SMARTS) is 4. The summed E-state index contributed by atoms with van der Waals surface area (Å²) in [6, 6.07) is -5.13. The van der Waals surface area contributed by atoms with Crippen molar-refractivity contribution in [3.63, 3.8) is 0 Å². The van der Waals surface area contributed by atoms with Gasteiger partial charge in [0.15, 0.2) is 0 Å². The van der Waals surface area contributed by atoms with E-state index in [9.17, 15) is 67.7 Å². The van der Waals surface area contributed by atoms with Crippen LogP contribution in [0.15, 0.2) is 0 Å². The van der Waals surface area contributed by atoms with Gasteiger partial charge in [-0.25, -0.2) is 0 Å². The molecule has 0 saturated carbocycles. The summed E-state index contributed by atoms with van der Waals surface area (Å²) in [4.78, 5) is 194. The van der Waals surface area contributed by atoms with Crippen LogP contribution < -0.4 is 26.6 Å². The Hall–Kier alpha value is -7.42. The molecule has 0 saturated heterocycles. The highest BCUT2D eigenvalue weighted by atomic mass is 16.4. The van der Waals surface area contributed by atoms with Crippen molar-refractivity contribution in [3.05, 3.63) is 0 Å². The van der Waals surface area contributed by atoms with Gasteiger partial charge in [0.05, 0.1) is 12.8 Å². The fourth-order valence-corrected chi connectivity index (χ4v) is 12.3. The average Bonchev–Trinajstić information content (AvgIpc) is 0.869. The van der Waals surface area contributed by atoms with Crippen LogP contribution in [-0.2, 0) is 67.1 Å². The van der Waals surface area contributed by atoms with Crippen LogP contribution in [0.4, 0.5) is 0 Å². The van der Waals surface area contributed by atoms with Crippen LogP contribution in [0.25, 0.3) is 0 Å². The lowest BCUT2D eigenvalue weighted by molar-refractivity contribution is -0.145. The highest BCUT2D eigenvalue weighted by Crippen LogP contribution is 2.23. The fourth-order valence-electron chi connectivity index (χ4n) is 12.3. The molecule has 28 nitrogen and oxygen atoms in total. The topological polar surface area (TPSA) is 396 Å². The van der Waals surface area contributed by atoms with E-state index in [0.717, 1.165) is 32.1 Å². The Bertz CT molecular complexity index is 2530. The van der Waals surface area contributed by atoms with Gasteiger partial charge >= 0.3 is 23.9 Å². The Kier molecular flexibility index (Phi) is 49.5. The SMILES string of the molecule is CCCCCNC(=O)C(C(C)C)N(CCC(=O)O)C(=O)CCCCCN(C(=O)CCCC(=O)N(CCC(=O)O)C(C(=O)NCCCCC)C(C)C)C(CCCC(=O)N(CC)C(C(=O)NCCCCCC(=O)O)C(C)C)C(=O)NCCC(=O)N(CC)C(C(=O)NCCCCCC(=O)O)C(C)C. The molecule has 28 heteroatoms. The molecule has 100 heavy (non-hydrogen) atoms. The molecule has 0 bridgehead atoms. The van der Waals surface area contributed by atoms with Gasteiger partial charge in [0, 0.05) is 110 Å². The summed E-state index contributed by atoms with van der Waals surface area (Å²) < 4.78 is 0. The molecule has 0 spiro atoms. The van der Waals surface area contributed by atoms with Crippen molar-refractivity contribution in [2.75, 3.05) is 65.4 Å². The number of hydrogen-bond donors (Lipinski definition) is 9. The van der Waals surface area contributed by atoms with Crippen molar-refractivity contribution >= 4 is 82.9 Å². The van der Waals surface area contributed by atoms with E-state index in [2.05, 4.69) is 26.6 Å². The van der Waals surface area contributed by atoms with Crippen molar-refractivity contribution in [3.8, 4) is 0 Å². The summed E-state index contributed by atoms with van der Waals surface area (Å²) in [5.74, 6) is -10.6. The maximum Gasteiger partial charge on any atom is 0.305 e. The van der Waals surface area contributed by atoms with Crippen LogP contribution in [0.5, 0.6) is 0 Å². The quantitative estimate of drug-likeness (QED) is 0.0273. The number of carbonyl (C=O) groups is 14. The van der Waals surface area contributed by atoms with Crippen molar-refractivity contribution in [1.82, 2.24) is 51.1 Å². The summed E-state index contributed by atoms with van der Waals surface area (Å²) in [5, 5.41) is 51.9. The third kappa shape index (κ3) is 37.8. The van der Waals surface area contributed by atoms with E-state index in [0.29, 0.717) is 58.0 Å². The molecule has 0 aliphatic heterocycles. The summed E-state index contributed by atoms with van der Waals surface area (Å²) in [7, 11) is 0. The van der Waals surface area contributed by atoms with Crippen LogP contribution in [0.3, 0.4) is 0 Å². The van der Waals surface area contributed by atoms with E-state index in [1.165, 1.54) is 24.5 Å². The first kappa shape index (κ1) is 92.6. The molecule has 0 aromatic heterocycles. The molecule has 574 valence electrons. The number of amides is 10. The zero-order chi connectivity index (χ0) is 75.9. The molecule has 0 aromatic carbocycles. The fraction of sp³-hybridized carbons (Fsp3) is 0.806. The molecule has 0 radical (unpaired) electrons. The van der Waals surface area contributed by atoms with Crippen molar-refractivity contribution in [1.29, 1.82) is 0 Å². The van der Waals surface area contributed by atoms with Crippen molar-refractivity contribution in [2.45, 2.75) is 287 Å². The number of carbonyl (C=O) groups excluding carboxylic acids is 10. The second kappa shape index (κ2) is 53.4. The smallest absolute Gasteiger partial charge is 0.305 e. The molecule has 0 aliphatic rings. The first-order valence-corrected chi connectivity index (χ1v) is 37.1. The van der Waals surface area contributed by atoms with E-state index in [-0.39, 0.29) is 154 Å². The Labute approximate surface area is 595 Å². The van der Waals surface area contributed by atoms with Gasteiger partial charge in [-0.3, -0.25) is 67.1 Å². The monoisotopic (exact) mass is 1420 g/mol. The van der Waals surface area contributed by atoms with Gasteiger partial charge < -0.3 is 71.5 Å². The highest BCUT2D eigenvalue weighted by molar-refractivity contribution is 5.92. The number of rotatable bonds is 59. The number of unbranched alkanes of at least 4 members (excludes halogenated alkanes) is 10. The normalized spacial score (nSPS) is 12.8. The van der Waals surface area contributed by atoms with E-state index < -0.39 is 132 Å². The molecule has 0 aliphatic carbocycles. The molecule has 0 rings (SSSR count). The predicted molar refractivity (Wildman–Crippen MR) is 380 cm³/mol. The van der Waals surface area contributed by atoms with Gasteiger partial charge in [-0.15, -0.1) is 0 Å². The molecule has 5 unspecified atom stereocenters. The van der Waals surface area contributed by atoms with Crippen molar-refractivity contribution in [2.24, 2.45) is 23.7 Å². The summed E-state index contributed by atoms with van der Waals surface area (Å²) in [5.41, 5.74) is 0. The van der Waals surface area contributed by atoms with Gasteiger partial charge in [-0.2, -0.15) is 0 Å². The lowest BCUT2D eigenvalue weighted by Gasteiger charge is -2.34. The number of nitrogens with zero attached hydrogens (tertiary/aromatic N) is 5. The number of hydrogen-bond acceptors (Lipinski definition) is 14. The van der Waals surface area contributed by atoms with E-state index in [4.69, 9.17) is 10.2 Å². The Morgan fingerprint density at radius 2 is 0.560 bits per heavy atom. The third-order valence-corrected chi connectivity index (χ3v) is 17.5. The van der Waals surface area contributed by atoms with Crippen LogP contribution >= 0.6 is 0 Å². The Balaban J connectivity index is 7.67. The molecule has 5 atom stereocenters.